The van der Waals surface area contributed by atoms with Crippen molar-refractivity contribution in [1.29, 1.82) is 0 Å². The number of ether oxygens (including phenoxy) is 1. The summed E-state index contributed by atoms with van der Waals surface area (Å²) in [5.74, 6) is 1.85. The molecular formula is C26H23BrN4O2. The molecule has 0 aliphatic carbocycles. The SMILES string of the molecule is CCCOc1ccc(C=NNc2cc(-c3ccccc3)nc(-c3ccc(Br)cc3)n2)c(O)c1. The number of nitrogens with zero attached hydrogens (tertiary/aromatic N) is 3. The van der Waals surface area contributed by atoms with E-state index in [4.69, 9.17) is 9.72 Å². The minimum Gasteiger partial charge on any atom is -0.507 e. The highest BCUT2D eigenvalue weighted by Gasteiger charge is 2.09. The highest BCUT2D eigenvalue weighted by molar-refractivity contribution is 9.10. The zero-order valence-electron chi connectivity index (χ0n) is 18.1. The van der Waals surface area contributed by atoms with E-state index in [0.717, 1.165) is 27.7 Å². The van der Waals surface area contributed by atoms with Crippen molar-refractivity contribution >= 4 is 28.0 Å². The molecule has 0 radical (unpaired) electrons. The van der Waals surface area contributed by atoms with Crippen LogP contribution in [0.25, 0.3) is 22.6 Å². The molecule has 0 fully saturated rings. The number of aromatic nitrogens is 2. The molecule has 0 amide bonds. The average molecular weight is 503 g/mol. The maximum atomic E-state index is 10.3. The van der Waals surface area contributed by atoms with Crippen LogP contribution >= 0.6 is 15.9 Å². The highest BCUT2D eigenvalue weighted by Crippen LogP contribution is 2.26. The van der Waals surface area contributed by atoms with E-state index >= 15 is 0 Å². The molecule has 0 aliphatic rings. The zero-order valence-corrected chi connectivity index (χ0v) is 19.7. The molecular weight excluding hydrogens is 480 g/mol. The summed E-state index contributed by atoms with van der Waals surface area (Å²) < 4.78 is 6.53. The second kappa shape index (κ2) is 10.7. The van der Waals surface area contributed by atoms with Gasteiger partial charge in [-0.3, -0.25) is 5.43 Å². The predicted molar refractivity (Wildman–Crippen MR) is 136 cm³/mol. The van der Waals surface area contributed by atoms with Crippen LogP contribution in [0.3, 0.4) is 0 Å². The molecule has 1 aromatic heterocycles. The van der Waals surface area contributed by atoms with Crippen LogP contribution in [0.15, 0.2) is 88.4 Å². The molecule has 0 atom stereocenters. The Bertz CT molecular complexity index is 1250. The number of aromatic hydroxyl groups is 1. The van der Waals surface area contributed by atoms with Gasteiger partial charge in [0.05, 0.1) is 18.5 Å². The van der Waals surface area contributed by atoms with Crippen molar-refractivity contribution in [2.45, 2.75) is 13.3 Å². The van der Waals surface area contributed by atoms with Gasteiger partial charge in [0, 0.05) is 33.3 Å². The Labute approximate surface area is 201 Å². The molecule has 33 heavy (non-hydrogen) atoms. The summed E-state index contributed by atoms with van der Waals surface area (Å²) in [4.78, 5) is 9.37. The first-order valence-electron chi connectivity index (χ1n) is 10.6. The summed E-state index contributed by atoms with van der Waals surface area (Å²) in [7, 11) is 0. The van der Waals surface area contributed by atoms with Crippen molar-refractivity contribution in [3.05, 3.63) is 88.9 Å². The molecule has 0 saturated heterocycles. The fourth-order valence-electron chi connectivity index (χ4n) is 3.10. The monoisotopic (exact) mass is 502 g/mol. The highest BCUT2D eigenvalue weighted by atomic mass is 79.9. The van der Waals surface area contributed by atoms with Crippen molar-refractivity contribution in [2.24, 2.45) is 5.10 Å². The number of anilines is 1. The molecule has 4 rings (SSSR count). The second-order valence-electron chi connectivity index (χ2n) is 7.27. The fourth-order valence-corrected chi connectivity index (χ4v) is 3.36. The van der Waals surface area contributed by atoms with Gasteiger partial charge in [-0.05, 0) is 30.7 Å². The van der Waals surface area contributed by atoms with E-state index in [-0.39, 0.29) is 5.75 Å². The van der Waals surface area contributed by atoms with Crippen molar-refractivity contribution in [3.8, 4) is 34.1 Å². The Kier molecular flexibility index (Phi) is 7.32. The second-order valence-corrected chi connectivity index (χ2v) is 8.19. The molecule has 0 bridgehead atoms. The molecule has 4 aromatic rings. The quantitative estimate of drug-likeness (QED) is 0.212. The predicted octanol–water partition coefficient (Wildman–Crippen LogP) is 6.51. The number of phenols is 1. The van der Waals surface area contributed by atoms with Crippen LogP contribution in [0.1, 0.15) is 18.9 Å². The van der Waals surface area contributed by atoms with Gasteiger partial charge < -0.3 is 9.84 Å². The van der Waals surface area contributed by atoms with Crippen LogP contribution in [-0.2, 0) is 0 Å². The lowest BCUT2D eigenvalue weighted by molar-refractivity contribution is 0.315. The molecule has 0 saturated carbocycles. The first kappa shape index (κ1) is 22.5. The van der Waals surface area contributed by atoms with Crippen molar-refractivity contribution < 1.29 is 9.84 Å². The van der Waals surface area contributed by atoms with Gasteiger partial charge in [0.2, 0.25) is 0 Å². The lowest BCUT2D eigenvalue weighted by Gasteiger charge is -2.09. The van der Waals surface area contributed by atoms with Crippen LogP contribution in [-0.4, -0.2) is 27.9 Å². The van der Waals surface area contributed by atoms with E-state index in [1.165, 1.54) is 0 Å². The molecule has 6 nitrogen and oxygen atoms in total. The lowest BCUT2D eigenvalue weighted by atomic mass is 10.1. The normalized spacial score (nSPS) is 11.0. The van der Waals surface area contributed by atoms with Gasteiger partial charge in [-0.2, -0.15) is 5.10 Å². The lowest BCUT2D eigenvalue weighted by Crippen LogP contribution is -1.99. The topological polar surface area (TPSA) is 79.6 Å². The van der Waals surface area contributed by atoms with Gasteiger partial charge in [-0.25, -0.2) is 9.97 Å². The van der Waals surface area contributed by atoms with Gasteiger partial charge >= 0.3 is 0 Å². The molecule has 2 N–H and O–H groups in total. The minimum absolute atomic E-state index is 0.0948. The van der Waals surface area contributed by atoms with E-state index in [9.17, 15) is 5.11 Å². The van der Waals surface area contributed by atoms with Gasteiger partial charge in [0.1, 0.15) is 11.5 Å². The largest absolute Gasteiger partial charge is 0.507 e. The van der Waals surface area contributed by atoms with Gasteiger partial charge in [0.15, 0.2) is 11.6 Å². The third-order valence-electron chi connectivity index (χ3n) is 4.76. The van der Waals surface area contributed by atoms with Crippen LogP contribution in [0.5, 0.6) is 11.5 Å². The van der Waals surface area contributed by atoms with Crippen molar-refractivity contribution in [3.63, 3.8) is 0 Å². The van der Waals surface area contributed by atoms with E-state index < -0.39 is 0 Å². The minimum atomic E-state index is 0.0948. The summed E-state index contributed by atoms with van der Waals surface area (Å²) in [6, 6.07) is 24.7. The molecule has 0 aliphatic heterocycles. The van der Waals surface area contributed by atoms with Gasteiger partial charge in [-0.15, -0.1) is 0 Å². The number of halogens is 1. The molecule has 7 heteroatoms. The first-order chi connectivity index (χ1) is 16.1. The average Bonchev–Trinajstić information content (AvgIpc) is 2.85. The maximum Gasteiger partial charge on any atom is 0.162 e. The van der Waals surface area contributed by atoms with E-state index in [0.29, 0.717) is 29.6 Å². The fraction of sp³-hybridized carbons (Fsp3) is 0.115. The van der Waals surface area contributed by atoms with Crippen LogP contribution < -0.4 is 10.2 Å². The third kappa shape index (κ3) is 5.96. The van der Waals surface area contributed by atoms with E-state index in [2.05, 4.69) is 31.4 Å². The van der Waals surface area contributed by atoms with Crippen LogP contribution in [0, 0.1) is 0 Å². The summed E-state index contributed by atoms with van der Waals surface area (Å²) in [6.45, 7) is 2.64. The number of benzene rings is 3. The van der Waals surface area contributed by atoms with Gasteiger partial charge in [0.25, 0.3) is 0 Å². The number of hydrazone groups is 1. The Hall–Kier alpha value is -3.71. The third-order valence-corrected chi connectivity index (χ3v) is 5.28. The molecule has 0 unspecified atom stereocenters. The number of nitrogens with one attached hydrogen (secondary N) is 1. The standard InChI is InChI=1S/C26H23BrN4O2/c1-2-14-33-22-13-10-20(24(32)15-22)17-28-31-25-16-23(18-6-4-3-5-7-18)29-26(30-25)19-8-11-21(27)12-9-19/h3-13,15-17,32H,2,14H2,1H3,(H,29,30,31). The number of hydrogen-bond acceptors (Lipinski definition) is 6. The Balaban J connectivity index is 1.60. The smallest absolute Gasteiger partial charge is 0.162 e. The number of hydrogen-bond donors (Lipinski definition) is 2. The van der Waals surface area contributed by atoms with Crippen molar-refractivity contribution in [1.82, 2.24) is 9.97 Å². The molecule has 3 aromatic carbocycles. The van der Waals surface area contributed by atoms with Crippen molar-refractivity contribution in [2.75, 3.05) is 12.0 Å². The van der Waals surface area contributed by atoms with E-state index in [1.54, 1.807) is 24.4 Å². The summed E-state index contributed by atoms with van der Waals surface area (Å²) in [6.07, 6.45) is 2.45. The van der Waals surface area contributed by atoms with Gasteiger partial charge in [-0.1, -0.05) is 65.3 Å². The zero-order chi connectivity index (χ0) is 23.0. The Morgan fingerprint density at radius 1 is 0.970 bits per heavy atom. The summed E-state index contributed by atoms with van der Waals surface area (Å²) in [5.41, 5.74) is 6.18. The van der Waals surface area contributed by atoms with Crippen LogP contribution in [0.2, 0.25) is 0 Å². The molecule has 1 heterocycles. The number of phenolic OH excluding ortho intramolecular Hbond substituents is 1. The molecule has 0 spiro atoms. The number of rotatable bonds is 8. The maximum absolute atomic E-state index is 10.3. The molecule has 166 valence electrons. The van der Waals surface area contributed by atoms with Crippen LogP contribution in [0.4, 0.5) is 5.82 Å². The van der Waals surface area contributed by atoms with E-state index in [1.807, 2.05) is 67.6 Å². The Morgan fingerprint density at radius 2 is 1.76 bits per heavy atom. The summed E-state index contributed by atoms with van der Waals surface area (Å²) in [5, 5.41) is 14.5. The Morgan fingerprint density at radius 3 is 2.48 bits per heavy atom. The summed E-state index contributed by atoms with van der Waals surface area (Å²) >= 11 is 3.46. The first-order valence-corrected chi connectivity index (χ1v) is 11.4.